The Balaban J connectivity index is 1.57. The van der Waals surface area contributed by atoms with Crippen molar-refractivity contribution in [1.29, 1.82) is 0 Å². The molecular weight excluding hydrogens is 342 g/mol. The van der Waals surface area contributed by atoms with Crippen LogP contribution in [0.25, 0.3) is 0 Å². The Morgan fingerprint density at radius 2 is 1.85 bits per heavy atom. The largest absolute Gasteiger partial charge is 0.378 e. The lowest BCUT2D eigenvalue weighted by molar-refractivity contribution is -0.0691. The molecule has 0 N–H and O–H groups in total. The molecule has 2 fully saturated rings. The second kappa shape index (κ2) is 8.06. The molecule has 0 saturated carbocycles. The minimum Gasteiger partial charge on any atom is -0.378 e. The van der Waals surface area contributed by atoms with E-state index in [1.807, 2.05) is 42.2 Å². The van der Waals surface area contributed by atoms with Crippen LogP contribution in [0.4, 0.5) is 5.82 Å². The molecule has 6 nitrogen and oxygen atoms in total. The number of morpholine rings is 2. The number of hydrogen-bond acceptors (Lipinski definition) is 5. The number of carbonyl (C=O) groups excluding carboxylic acids is 1. The summed E-state index contributed by atoms with van der Waals surface area (Å²) in [6.07, 6.45) is 1.62. The van der Waals surface area contributed by atoms with Crippen molar-refractivity contribution in [2.45, 2.75) is 19.1 Å². The fraction of sp³-hybridized carbons (Fsp3) is 0.429. The highest BCUT2D eigenvalue weighted by molar-refractivity contribution is 5.99. The molecule has 1 amide bonds. The highest BCUT2D eigenvalue weighted by Crippen LogP contribution is 2.28. The molecule has 2 aliphatic rings. The number of hydrogen-bond donors (Lipinski definition) is 0. The van der Waals surface area contributed by atoms with Crippen LogP contribution < -0.4 is 4.90 Å². The third-order valence-electron chi connectivity index (χ3n) is 5.05. The first-order chi connectivity index (χ1) is 13.2. The lowest BCUT2D eigenvalue weighted by atomic mass is 10.1. The average Bonchev–Trinajstić information content (AvgIpc) is 2.74. The van der Waals surface area contributed by atoms with E-state index in [1.165, 1.54) is 0 Å². The van der Waals surface area contributed by atoms with Crippen LogP contribution in [0.5, 0.6) is 0 Å². The Bertz CT molecular complexity index is 777. The predicted octanol–water partition coefficient (Wildman–Crippen LogP) is 2.52. The standard InChI is InChI=1S/C21H25N3O3/c1-16-14-24(15-19(27-16)17-6-3-2-4-7-17)21(25)18-8-5-9-22-20(18)23-10-12-26-13-11-23/h2-9,16,19H,10-15H2,1H3. The lowest BCUT2D eigenvalue weighted by Crippen LogP contribution is -2.46. The second-order valence-electron chi connectivity index (χ2n) is 7.03. The predicted molar refractivity (Wildman–Crippen MR) is 103 cm³/mol. The zero-order valence-corrected chi connectivity index (χ0v) is 15.6. The highest BCUT2D eigenvalue weighted by Gasteiger charge is 2.31. The third kappa shape index (κ3) is 3.96. The van der Waals surface area contributed by atoms with E-state index in [4.69, 9.17) is 9.47 Å². The molecule has 3 heterocycles. The summed E-state index contributed by atoms with van der Waals surface area (Å²) in [4.78, 5) is 21.9. The molecule has 0 aliphatic carbocycles. The molecule has 2 aromatic rings. The second-order valence-corrected chi connectivity index (χ2v) is 7.03. The molecule has 0 spiro atoms. The molecule has 2 saturated heterocycles. The van der Waals surface area contributed by atoms with Gasteiger partial charge in [-0.05, 0) is 24.6 Å². The van der Waals surface area contributed by atoms with Crippen LogP contribution in [0.15, 0.2) is 48.7 Å². The number of benzene rings is 1. The van der Waals surface area contributed by atoms with Crippen molar-refractivity contribution in [3.05, 3.63) is 59.8 Å². The van der Waals surface area contributed by atoms with Gasteiger partial charge in [0, 0.05) is 25.8 Å². The number of rotatable bonds is 3. The van der Waals surface area contributed by atoms with E-state index >= 15 is 0 Å². The Hall–Kier alpha value is -2.44. The van der Waals surface area contributed by atoms with Crippen LogP contribution in [-0.4, -0.2) is 61.3 Å². The highest BCUT2D eigenvalue weighted by atomic mass is 16.5. The number of carbonyl (C=O) groups is 1. The molecule has 27 heavy (non-hydrogen) atoms. The smallest absolute Gasteiger partial charge is 0.257 e. The van der Waals surface area contributed by atoms with Gasteiger partial charge in [0.25, 0.3) is 5.91 Å². The quantitative estimate of drug-likeness (QED) is 0.834. The van der Waals surface area contributed by atoms with E-state index in [0.717, 1.165) is 24.5 Å². The molecule has 142 valence electrons. The zero-order chi connectivity index (χ0) is 18.6. The average molecular weight is 367 g/mol. The van der Waals surface area contributed by atoms with E-state index < -0.39 is 0 Å². The van der Waals surface area contributed by atoms with Gasteiger partial charge < -0.3 is 19.3 Å². The van der Waals surface area contributed by atoms with Gasteiger partial charge in [-0.2, -0.15) is 0 Å². The van der Waals surface area contributed by atoms with Crippen LogP contribution in [-0.2, 0) is 9.47 Å². The number of pyridine rings is 1. The van der Waals surface area contributed by atoms with E-state index in [1.54, 1.807) is 6.20 Å². The fourth-order valence-corrected chi connectivity index (χ4v) is 3.73. The van der Waals surface area contributed by atoms with Crippen molar-refractivity contribution in [3.8, 4) is 0 Å². The number of aromatic nitrogens is 1. The zero-order valence-electron chi connectivity index (χ0n) is 15.6. The van der Waals surface area contributed by atoms with Crippen molar-refractivity contribution >= 4 is 11.7 Å². The molecule has 1 aromatic heterocycles. The summed E-state index contributed by atoms with van der Waals surface area (Å²) in [7, 11) is 0. The maximum Gasteiger partial charge on any atom is 0.257 e. The van der Waals surface area contributed by atoms with Gasteiger partial charge in [-0.25, -0.2) is 4.98 Å². The van der Waals surface area contributed by atoms with Crippen molar-refractivity contribution < 1.29 is 14.3 Å². The molecule has 2 aliphatic heterocycles. The number of anilines is 1. The number of ether oxygens (including phenoxy) is 2. The van der Waals surface area contributed by atoms with E-state index in [0.29, 0.717) is 31.9 Å². The Labute approximate surface area is 159 Å². The van der Waals surface area contributed by atoms with Gasteiger partial charge in [0.15, 0.2) is 0 Å². The molecular formula is C21H25N3O3. The van der Waals surface area contributed by atoms with Crippen LogP contribution >= 0.6 is 0 Å². The monoisotopic (exact) mass is 367 g/mol. The summed E-state index contributed by atoms with van der Waals surface area (Å²) in [5.74, 6) is 0.766. The molecule has 1 aromatic carbocycles. The SMILES string of the molecule is CC1CN(C(=O)c2cccnc2N2CCOCC2)CC(c2ccccc2)O1. The van der Waals surface area contributed by atoms with Crippen molar-refractivity contribution in [2.24, 2.45) is 0 Å². The topological polar surface area (TPSA) is 54.9 Å². The molecule has 6 heteroatoms. The van der Waals surface area contributed by atoms with E-state index in [-0.39, 0.29) is 18.1 Å². The molecule has 2 atom stereocenters. The molecule has 4 rings (SSSR count). The fourth-order valence-electron chi connectivity index (χ4n) is 3.73. The minimum atomic E-state index is -0.109. The summed E-state index contributed by atoms with van der Waals surface area (Å²) in [6.45, 7) is 5.97. The van der Waals surface area contributed by atoms with Crippen molar-refractivity contribution in [1.82, 2.24) is 9.88 Å². The molecule has 2 unspecified atom stereocenters. The number of amides is 1. The third-order valence-corrected chi connectivity index (χ3v) is 5.05. The van der Waals surface area contributed by atoms with Gasteiger partial charge in [0.1, 0.15) is 11.9 Å². The summed E-state index contributed by atoms with van der Waals surface area (Å²) in [6, 6.07) is 13.8. The van der Waals surface area contributed by atoms with E-state index in [9.17, 15) is 4.79 Å². The molecule has 0 radical (unpaired) electrons. The van der Waals surface area contributed by atoms with Crippen molar-refractivity contribution in [2.75, 3.05) is 44.3 Å². The van der Waals surface area contributed by atoms with Gasteiger partial charge in [0.05, 0.1) is 31.4 Å². The maximum absolute atomic E-state index is 13.4. The summed E-state index contributed by atoms with van der Waals surface area (Å²) in [5.41, 5.74) is 1.75. The minimum absolute atomic E-state index is 0.0145. The maximum atomic E-state index is 13.4. The van der Waals surface area contributed by atoms with Gasteiger partial charge in [0.2, 0.25) is 0 Å². The summed E-state index contributed by atoms with van der Waals surface area (Å²) in [5, 5.41) is 0. The van der Waals surface area contributed by atoms with E-state index in [2.05, 4.69) is 22.0 Å². The summed E-state index contributed by atoms with van der Waals surface area (Å²) < 4.78 is 11.5. The number of nitrogens with zero attached hydrogens (tertiary/aromatic N) is 3. The first-order valence-electron chi connectivity index (χ1n) is 9.50. The van der Waals surface area contributed by atoms with Gasteiger partial charge in [-0.15, -0.1) is 0 Å². The Kier molecular flexibility index (Phi) is 5.36. The van der Waals surface area contributed by atoms with Gasteiger partial charge >= 0.3 is 0 Å². The Morgan fingerprint density at radius 1 is 1.07 bits per heavy atom. The summed E-state index contributed by atoms with van der Waals surface area (Å²) >= 11 is 0. The van der Waals surface area contributed by atoms with Crippen LogP contribution in [0.1, 0.15) is 28.9 Å². The van der Waals surface area contributed by atoms with Crippen LogP contribution in [0, 0.1) is 0 Å². The lowest BCUT2D eigenvalue weighted by Gasteiger charge is -2.38. The molecule has 0 bridgehead atoms. The Morgan fingerprint density at radius 3 is 2.63 bits per heavy atom. The van der Waals surface area contributed by atoms with Gasteiger partial charge in [-0.3, -0.25) is 4.79 Å². The van der Waals surface area contributed by atoms with Crippen LogP contribution in [0.3, 0.4) is 0 Å². The van der Waals surface area contributed by atoms with Crippen LogP contribution in [0.2, 0.25) is 0 Å². The van der Waals surface area contributed by atoms with Crippen molar-refractivity contribution in [3.63, 3.8) is 0 Å². The van der Waals surface area contributed by atoms with Gasteiger partial charge in [-0.1, -0.05) is 30.3 Å². The normalized spacial score (nSPS) is 23.3. The first kappa shape index (κ1) is 17.9. The first-order valence-corrected chi connectivity index (χ1v) is 9.50.